The first-order valence-corrected chi connectivity index (χ1v) is 10.8. The fourth-order valence-electron chi connectivity index (χ4n) is 4.27. The molecule has 0 bridgehead atoms. The molecule has 0 aromatic heterocycles. The molecule has 2 amide bonds. The number of phenolic OH excluding ortho intramolecular Hbond substituents is 1. The number of carbonyl (C=O) groups is 2. The number of rotatable bonds is 5. The number of ether oxygens (including phenoxy) is 1. The summed E-state index contributed by atoms with van der Waals surface area (Å²) in [5.41, 5.74) is 1.50. The number of anilines is 1. The Kier molecular flexibility index (Phi) is 5.85. The summed E-state index contributed by atoms with van der Waals surface area (Å²) in [5, 5.41) is 9.83. The second kappa shape index (κ2) is 8.36. The van der Waals surface area contributed by atoms with Gasteiger partial charge in [-0.05, 0) is 54.0 Å². The predicted molar refractivity (Wildman–Crippen MR) is 126 cm³/mol. The first kappa shape index (κ1) is 23.1. The Bertz CT molecular complexity index is 1210. The Labute approximate surface area is 200 Å². The lowest BCUT2D eigenvalue weighted by atomic mass is 9.71. The van der Waals surface area contributed by atoms with Gasteiger partial charge in [0.2, 0.25) is 0 Å². The van der Waals surface area contributed by atoms with Crippen molar-refractivity contribution in [3.63, 3.8) is 0 Å². The summed E-state index contributed by atoms with van der Waals surface area (Å²) >= 11 is 13.8. The number of carbonyl (C=O) groups excluding carboxylic acids is 2. The van der Waals surface area contributed by atoms with E-state index in [0.29, 0.717) is 11.1 Å². The Hall–Kier alpha value is -3.09. The molecule has 0 radical (unpaired) electrons. The number of aromatic hydroxyl groups is 1. The summed E-state index contributed by atoms with van der Waals surface area (Å²) in [5.74, 6) is -2.39. The summed E-state index contributed by atoms with van der Waals surface area (Å²) in [7, 11) is 1.44. The SMILES string of the molecule is C=CC1=CCC2(Cl)C(=O)N(c3ccc(F)cc3)C(=O)C2(Cl)C1C=Cc1ccc(O)c(OC)c1. The fourth-order valence-corrected chi connectivity index (χ4v) is 5.07. The van der Waals surface area contributed by atoms with Gasteiger partial charge in [0.25, 0.3) is 11.8 Å². The van der Waals surface area contributed by atoms with Crippen molar-refractivity contribution in [1.29, 1.82) is 0 Å². The second-order valence-electron chi connectivity index (χ2n) is 7.82. The molecule has 8 heteroatoms. The zero-order valence-electron chi connectivity index (χ0n) is 17.6. The van der Waals surface area contributed by atoms with E-state index >= 15 is 0 Å². The van der Waals surface area contributed by atoms with Crippen molar-refractivity contribution in [3.05, 3.63) is 84.2 Å². The van der Waals surface area contributed by atoms with Crippen molar-refractivity contribution in [1.82, 2.24) is 0 Å². The monoisotopic (exact) mass is 487 g/mol. The first-order valence-electron chi connectivity index (χ1n) is 10.1. The molecule has 1 aliphatic carbocycles. The Morgan fingerprint density at radius 2 is 1.88 bits per heavy atom. The molecule has 4 rings (SSSR count). The Morgan fingerprint density at radius 3 is 2.52 bits per heavy atom. The molecule has 1 fully saturated rings. The average Bonchev–Trinajstić information content (AvgIpc) is 2.96. The molecular formula is C25H20Cl2FNO4. The van der Waals surface area contributed by atoms with Gasteiger partial charge in [-0.1, -0.05) is 36.9 Å². The average molecular weight is 488 g/mol. The van der Waals surface area contributed by atoms with Gasteiger partial charge in [-0.3, -0.25) is 9.59 Å². The molecule has 2 aromatic carbocycles. The smallest absolute Gasteiger partial charge is 0.258 e. The fraction of sp³-hybridized carbons (Fsp3) is 0.200. The van der Waals surface area contributed by atoms with Crippen molar-refractivity contribution in [2.75, 3.05) is 12.0 Å². The number of imide groups is 1. The summed E-state index contributed by atoms with van der Waals surface area (Å²) in [6.07, 6.45) is 6.73. The minimum atomic E-state index is -1.84. The van der Waals surface area contributed by atoms with Crippen molar-refractivity contribution in [2.24, 2.45) is 5.92 Å². The normalized spacial score (nSPS) is 27.0. The van der Waals surface area contributed by atoms with Gasteiger partial charge in [0.05, 0.1) is 12.8 Å². The molecule has 170 valence electrons. The van der Waals surface area contributed by atoms with E-state index < -0.39 is 33.3 Å². The zero-order valence-corrected chi connectivity index (χ0v) is 19.1. The van der Waals surface area contributed by atoms with Crippen LogP contribution < -0.4 is 9.64 Å². The molecule has 1 N–H and O–H groups in total. The number of phenols is 1. The van der Waals surface area contributed by atoms with Gasteiger partial charge in [-0.25, -0.2) is 9.29 Å². The van der Waals surface area contributed by atoms with Crippen molar-refractivity contribution >= 4 is 46.8 Å². The number of hydrogen-bond acceptors (Lipinski definition) is 4. The van der Waals surface area contributed by atoms with E-state index in [9.17, 15) is 19.1 Å². The van der Waals surface area contributed by atoms with Gasteiger partial charge in [0.1, 0.15) is 5.82 Å². The summed E-state index contributed by atoms with van der Waals surface area (Å²) in [6.45, 7) is 3.82. The molecule has 3 unspecified atom stereocenters. The van der Waals surface area contributed by atoms with Crippen molar-refractivity contribution in [3.8, 4) is 11.5 Å². The highest BCUT2D eigenvalue weighted by molar-refractivity contribution is 6.57. The van der Waals surface area contributed by atoms with E-state index in [1.165, 1.54) is 25.3 Å². The van der Waals surface area contributed by atoms with E-state index in [1.807, 2.05) is 0 Å². The molecule has 1 saturated heterocycles. The third kappa shape index (κ3) is 3.45. The summed E-state index contributed by atoms with van der Waals surface area (Å²) < 4.78 is 18.6. The van der Waals surface area contributed by atoms with Crippen LogP contribution in [-0.4, -0.2) is 33.8 Å². The quantitative estimate of drug-likeness (QED) is 0.464. The largest absolute Gasteiger partial charge is 0.504 e. The van der Waals surface area contributed by atoms with Gasteiger partial charge >= 0.3 is 0 Å². The van der Waals surface area contributed by atoms with E-state index in [1.54, 1.807) is 36.4 Å². The van der Waals surface area contributed by atoms with E-state index in [-0.39, 0.29) is 23.6 Å². The van der Waals surface area contributed by atoms with Crippen LogP contribution in [0.25, 0.3) is 6.08 Å². The molecule has 2 aromatic rings. The molecular weight excluding hydrogens is 468 g/mol. The number of methoxy groups -OCH3 is 1. The van der Waals surface area contributed by atoms with E-state index in [0.717, 1.165) is 17.0 Å². The van der Waals surface area contributed by atoms with Crippen LogP contribution in [-0.2, 0) is 9.59 Å². The van der Waals surface area contributed by atoms with Crippen LogP contribution >= 0.6 is 23.2 Å². The maximum absolute atomic E-state index is 13.6. The number of fused-ring (bicyclic) bond motifs is 1. The minimum absolute atomic E-state index is 0.0147. The second-order valence-corrected chi connectivity index (χ2v) is 9.06. The van der Waals surface area contributed by atoms with Crippen LogP contribution in [0.15, 0.2) is 72.8 Å². The summed E-state index contributed by atoms with van der Waals surface area (Å²) in [6, 6.07) is 9.73. The highest BCUT2D eigenvalue weighted by Crippen LogP contribution is 2.57. The van der Waals surface area contributed by atoms with Crippen LogP contribution in [0.2, 0.25) is 0 Å². The highest BCUT2D eigenvalue weighted by Gasteiger charge is 2.72. The zero-order chi connectivity index (χ0) is 24.0. The lowest BCUT2D eigenvalue weighted by Gasteiger charge is -2.40. The van der Waals surface area contributed by atoms with Crippen molar-refractivity contribution in [2.45, 2.75) is 16.2 Å². The third-order valence-electron chi connectivity index (χ3n) is 6.05. The van der Waals surface area contributed by atoms with E-state index in [2.05, 4.69) is 6.58 Å². The molecule has 1 aliphatic heterocycles. The van der Waals surface area contributed by atoms with Gasteiger partial charge < -0.3 is 9.84 Å². The molecule has 3 atom stereocenters. The van der Waals surface area contributed by atoms with Crippen molar-refractivity contribution < 1.29 is 23.8 Å². The number of allylic oxidation sites excluding steroid dienone is 4. The van der Waals surface area contributed by atoms with Gasteiger partial charge in [0, 0.05) is 5.92 Å². The number of halogens is 3. The molecule has 33 heavy (non-hydrogen) atoms. The first-order chi connectivity index (χ1) is 15.7. The topological polar surface area (TPSA) is 66.8 Å². The highest BCUT2D eigenvalue weighted by atomic mass is 35.5. The number of nitrogens with zero attached hydrogens (tertiary/aromatic N) is 1. The Morgan fingerprint density at radius 1 is 1.18 bits per heavy atom. The maximum atomic E-state index is 13.6. The molecule has 5 nitrogen and oxygen atoms in total. The predicted octanol–water partition coefficient (Wildman–Crippen LogP) is 5.21. The van der Waals surface area contributed by atoms with Crippen LogP contribution in [0.3, 0.4) is 0 Å². The Balaban J connectivity index is 1.80. The number of hydrogen-bond donors (Lipinski definition) is 1. The summed E-state index contributed by atoms with van der Waals surface area (Å²) in [4.78, 5) is 24.3. The van der Waals surface area contributed by atoms with E-state index in [4.69, 9.17) is 27.9 Å². The minimum Gasteiger partial charge on any atom is -0.504 e. The number of amides is 2. The van der Waals surface area contributed by atoms with Gasteiger partial charge in [-0.15, -0.1) is 23.2 Å². The molecule has 0 saturated carbocycles. The van der Waals surface area contributed by atoms with Crippen LogP contribution in [0.4, 0.5) is 10.1 Å². The maximum Gasteiger partial charge on any atom is 0.258 e. The number of benzene rings is 2. The standard InChI is InChI=1S/C25H20Cl2FNO4/c1-3-16-12-13-24(26)22(31)29(18-8-6-17(28)7-9-18)23(32)25(24,27)19(16)10-4-15-5-11-20(30)21(14-15)33-2/h3-12,14,19,30H,1,13H2,2H3. The lowest BCUT2D eigenvalue weighted by Crippen LogP contribution is -2.55. The van der Waals surface area contributed by atoms with Gasteiger partial charge in [0.15, 0.2) is 21.2 Å². The van der Waals surface area contributed by atoms with Gasteiger partial charge in [-0.2, -0.15) is 0 Å². The molecule has 1 heterocycles. The third-order valence-corrected chi connectivity index (χ3v) is 7.48. The molecule has 0 spiro atoms. The number of alkyl halides is 2. The molecule has 2 aliphatic rings. The lowest BCUT2D eigenvalue weighted by molar-refractivity contribution is -0.122. The van der Waals surface area contributed by atoms with Crippen LogP contribution in [0.5, 0.6) is 11.5 Å². The van der Waals surface area contributed by atoms with Crippen LogP contribution in [0.1, 0.15) is 12.0 Å². The van der Waals surface area contributed by atoms with Crippen LogP contribution in [0, 0.1) is 11.7 Å².